The summed E-state index contributed by atoms with van der Waals surface area (Å²) >= 11 is 0. The molecule has 0 spiro atoms. The molecule has 0 aromatic carbocycles. The number of likely N-dealkylation sites (N-methyl/N-ethyl adjacent to an activating group) is 1. The number of carbonyl (C=O) groups is 1. The smallest absolute Gasteiger partial charge is 0.387 e. The summed E-state index contributed by atoms with van der Waals surface area (Å²) in [6.45, 7) is 4.64. The van der Waals surface area contributed by atoms with Crippen molar-refractivity contribution in [2.75, 3.05) is 40.9 Å². The van der Waals surface area contributed by atoms with Crippen LogP contribution in [0.5, 0.6) is 0 Å². The number of phosphoric ester groups is 1. The van der Waals surface area contributed by atoms with Gasteiger partial charge in [-0.25, -0.2) is 4.57 Å². The van der Waals surface area contributed by atoms with Gasteiger partial charge in [0.15, 0.2) is 0 Å². The highest BCUT2D eigenvalue weighted by Crippen LogP contribution is 2.43. The van der Waals surface area contributed by atoms with Gasteiger partial charge in [0.2, 0.25) is 5.91 Å². The van der Waals surface area contributed by atoms with Gasteiger partial charge < -0.3 is 19.8 Å². The van der Waals surface area contributed by atoms with Crippen LogP contribution in [0.15, 0.2) is 109 Å². The van der Waals surface area contributed by atoms with Crippen molar-refractivity contribution in [1.29, 1.82) is 0 Å². The highest BCUT2D eigenvalue weighted by molar-refractivity contribution is 7.47. The van der Waals surface area contributed by atoms with Crippen LogP contribution in [0.1, 0.15) is 232 Å². The molecule has 0 rings (SSSR count). The number of hydrogen-bond acceptors (Lipinski definition) is 5. The molecule has 9 heteroatoms. The third-order valence-corrected chi connectivity index (χ3v) is 13.5. The maximum atomic E-state index is 13.0. The molecule has 0 heterocycles. The van der Waals surface area contributed by atoms with E-state index in [1.54, 1.807) is 6.08 Å². The van der Waals surface area contributed by atoms with E-state index >= 15 is 0 Å². The lowest BCUT2D eigenvalue weighted by Crippen LogP contribution is -2.45. The Morgan fingerprint density at radius 1 is 0.486 bits per heavy atom. The first-order chi connectivity index (χ1) is 35.0. The molecule has 0 saturated carbocycles. The summed E-state index contributed by atoms with van der Waals surface area (Å²) < 4.78 is 23.7. The molecule has 0 aromatic heterocycles. The Kier molecular flexibility index (Phi) is 50.9. The number of quaternary nitrogens is 1. The number of aliphatic hydroxyl groups is 1. The van der Waals surface area contributed by atoms with Crippen LogP contribution in [0, 0.1) is 0 Å². The minimum absolute atomic E-state index is 0.0392. The number of amides is 1. The second kappa shape index (κ2) is 53.0. The van der Waals surface area contributed by atoms with Gasteiger partial charge in [-0.2, -0.15) is 0 Å². The van der Waals surface area contributed by atoms with Crippen molar-refractivity contribution in [3.8, 4) is 0 Å². The maximum absolute atomic E-state index is 13.0. The van der Waals surface area contributed by atoms with Gasteiger partial charge in [0.05, 0.1) is 39.9 Å². The first-order valence-corrected chi connectivity index (χ1v) is 30.8. The lowest BCUT2D eigenvalue weighted by Gasteiger charge is -2.25. The SMILES string of the molecule is CC/C=C\C/C=C\C/C=C\C/C=C\C/C=C\C/C=C\C/C=C\CCCC(=O)NC(COP(=O)(O)OCC[N+](C)(C)C)C(O)/C=C/CC/C=C/CCCCCCCCCCCCCCCCCCCCCCC. The van der Waals surface area contributed by atoms with Crippen molar-refractivity contribution >= 4 is 13.7 Å². The third kappa shape index (κ3) is 54.9. The van der Waals surface area contributed by atoms with E-state index in [0.717, 1.165) is 70.6 Å². The van der Waals surface area contributed by atoms with Crippen molar-refractivity contribution in [2.45, 2.75) is 244 Å². The van der Waals surface area contributed by atoms with Gasteiger partial charge in [0.1, 0.15) is 13.2 Å². The Labute approximate surface area is 444 Å². The van der Waals surface area contributed by atoms with Gasteiger partial charge in [0.25, 0.3) is 0 Å². The second-order valence-electron chi connectivity index (χ2n) is 20.6. The zero-order valence-electron chi connectivity index (χ0n) is 47.1. The monoisotopic (exact) mass is 1020 g/mol. The Balaban J connectivity index is 4.37. The zero-order valence-corrected chi connectivity index (χ0v) is 48.0. The number of aliphatic hydroxyl groups excluding tert-OH is 1. The minimum atomic E-state index is -4.38. The van der Waals surface area contributed by atoms with Gasteiger partial charge in [0, 0.05) is 6.42 Å². The second-order valence-corrected chi connectivity index (χ2v) is 22.1. The number of nitrogens with one attached hydrogen (secondary N) is 1. The molecule has 414 valence electrons. The summed E-state index contributed by atoms with van der Waals surface area (Å²) in [5, 5.41) is 13.9. The van der Waals surface area contributed by atoms with Gasteiger partial charge >= 0.3 is 7.82 Å². The van der Waals surface area contributed by atoms with Crippen LogP contribution in [0.4, 0.5) is 0 Å². The Bertz CT molecular complexity index is 1540. The molecule has 3 atom stereocenters. The van der Waals surface area contributed by atoms with Gasteiger partial charge in [-0.3, -0.25) is 13.8 Å². The van der Waals surface area contributed by atoms with Crippen LogP contribution < -0.4 is 5.32 Å². The first kappa shape index (κ1) is 69.2. The fourth-order valence-corrected chi connectivity index (χ4v) is 8.67. The third-order valence-electron chi connectivity index (χ3n) is 12.5. The Morgan fingerprint density at radius 3 is 1.28 bits per heavy atom. The molecule has 0 radical (unpaired) electrons. The van der Waals surface area contributed by atoms with E-state index in [-0.39, 0.29) is 25.5 Å². The van der Waals surface area contributed by atoms with Crippen LogP contribution in [0.2, 0.25) is 0 Å². The summed E-state index contributed by atoms with van der Waals surface area (Å²) in [4.78, 5) is 23.3. The number of unbranched alkanes of at least 4 members (excludes halogenated alkanes) is 23. The molecule has 72 heavy (non-hydrogen) atoms. The average molecular weight is 1020 g/mol. The molecule has 3 unspecified atom stereocenters. The number of rotatable bonds is 52. The molecule has 0 aliphatic carbocycles. The summed E-state index contributed by atoms with van der Waals surface area (Å²) in [6, 6.07) is -0.903. The first-order valence-electron chi connectivity index (χ1n) is 29.3. The van der Waals surface area contributed by atoms with Crippen LogP contribution >= 0.6 is 7.82 Å². The van der Waals surface area contributed by atoms with E-state index in [2.05, 4.69) is 116 Å². The molecular formula is C63H112N2O6P+. The van der Waals surface area contributed by atoms with Crippen LogP contribution in [-0.4, -0.2) is 73.4 Å². The molecule has 0 aliphatic heterocycles. The molecule has 3 N–H and O–H groups in total. The maximum Gasteiger partial charge on any atom is 0.472 e. The van der Waals surface area contributed by atoms with E-state index in [4.69, 9.17) is 9.05 Å². The molecule has 0 bridgehead atoms. The van der Waals surface area contributed by atoms with Crippen LogP contribution in [0.25, 0.3) is 0 Å². The van der Waals surface area contributed by atoms with Crippen molar-refractivity contribution < 1.29 is 32.9 Å². The molecule has 0 aliphatic rings. The van der Waals surface area contributed by atoms with Crippen molar-refractivity contribution in [3.05, 3.63) is 109 Å². The number of nitrogens with zero attached hydrogens (tertiary/aromatic N) is 1. The van der Waals surface area contributed by atoms with Crippen LogP contribution in [0.3, 0.4) is 0 Å². The van der Waals surface area contributed by atoms with Crippen molar-refractivity contribution in [1.82, 2.24) is 5.32 Å². The average Bonchev–Trinajstić information content (AvgIpc) is 3.34. The van der Waals surface area contributed by atoms with Crippen LogP contribution in [-0.2, 0) is 18.4 Å². The van der Waals surface area contributed by atoms with Crippen molar-refractivity contribution in [2.24, 2.45) is 0 Å². The fourth-order valence-electron chi connectivity index (χ4n) is 7.93. The summed E-state index contributed by atoms with van der Waals surface area (Å²) in [7, 11) is 1.50. The topological polar surface area (TPSA) is 105 Å². The Morgan fingerprint density at radius 2 is 0.847 bits per heavy atom. The van der Waals surface area contributed by atoms with E-state index in [1.807, 2.05) is 27.2 Å². The summed E-state index contributed by atoms with van der Waals surface area (Å²) in [5.74, 6) is -0.247. The lowest BCUT2D eigenvalue weighted by molar-refractivity contribution is -0.870. The summed E-state index contributed by atoms with van der Waals surface area (Å²) in [6.07, 6.45) is 77.8. The molecule has 0 saturated heterocycles. The van der Waals surface area contributed by atoms with E-state index in [9.17, 15) is 19.4 Å². The Hall–Kier alpha value is -2.84. The summed E-state index contributed by atoms with van der Waals surface area (Å²) in [5.41, 5.74) is 0. The van der Waals surface area contributed by atoms with Gasteiger partial charge in [-0.05, 0) is 83.5 Å². The number of allylic oxidation sites excluding steroid dienone is 17. The molecule has 0 aromatic rings. The highest BCUT2D eigenvalue weighted by Gasteiger charge is 2.27. The highest BCUT2D eigenvalue weighted by atomic mass is 31.2. The van der Waals surface area contributed by atoms with E-state index in [1.165, 1.54) is 135 Å². The largest absolute Gasteiger partial charge is 0.472 e. The predicted molar refractivity (Wildman–Crippen MR) is 313 cm³/mol. The number of phosphoric acid groups is 1. The number of carbonyl (C=O) groups excluding carboxylic acids is 1. The standard InChI is InChI=1S/C63H111N2O6P/c1-6-8-10-12-14-16-18-20-22-24-26-28-30-31-32-33-35-36-38-40-42-44-46-48-50-52-54-56-62(66)61(60-71-72(68,69)70-59-58-65(3,4)5)64-63(67)57-55-53-51-49-47-45-43-41-39-37-34-29-27-25-23-21-19-17-15-13-11-9-7-2/h9,11,15,17,21,23,27,29,37,39,43,45-46,48-49,51,54,56,61-62,66H,6-8,10,12-14,16,18-20,22,24-26,28,30-36,38,40-42,44,47,50,52-53,55,57-60H2,1-5H3,(H-,64,67,68,69)/p+1/b11-9-,17-15-,23-21-,29-27-,39-37-,45-43-,48-46+,51-49-,56-54+. The number of hydrogen-bond donors (Lipinski definition) is 3. The molecule has 0 fully saturated rings. The normalized spacial score (nSPS) is 14.7. The molecule has 1 amide bonds. The predicted octanol–water partition coefficient (Wildman–Crippen LogP) is 18.0. The minimum Gasteiger partial charge on any atom is -0.387 e. The van der Waals surface area contributed by atoms with E-state index in [0.29, 0.717) is 17.4 Å². The quantitative estimate of drug-likeness (QED) is 0.0243. The van der Waals surface area contributed by atoms with Crippen molar-refractivity contribution in [3.63, 3.8) is 0 Å². The lowest BCUT2D eigenvalue weighted by atomic mass is 10.0. The zero-order chi connectivity index (χ0) is 52.7. The van der Waals surface area contributed by atoms with Gasteiger partial charge in [-0.15, -0.1) is 0 Å². The van der Waals surface area contributed by atoms with Gasteiger partial charge in [-0.1, -0.05) is 252 Å². The van der Waals surface area contributed by atoms with E-state index < -0.39 is 20.0 Å². The molecular weight excluding hydrogens is 912 g/mol. The molecule has 8 nitrogen and oxygen atoms in total. The fraction of sp³-hybridized carbons (Fsp3) is 0.698.